The van der Waals surface area contributed by atoms with Gasteiger partial charge in [0.1, 0.15) is 5.69 Å². The Bertz CT molecular complexity index is 696. The fraction of sp³-hybridized carbons (Fsp3) is 0.444. The van der Waals surface area contributed by atoms with E-state index in [2.05, 4.69) is 10.3 Å². The molecule has 0 atom stereocenters. The summed E-state index contributed by atoms with van der Waals surface area (Å²) in [5, 5.41) is 4.05. The van der Waals surface area contributed by atoms with Gasteiger partial charge in [0.2, 0.25) is 0 Å². The minimum atomic E-state index is -0.0713. The third kappa shape index (κ3) is 3.53. The standard InChI is InChI=1S/C18H24N4O2/c1-21(2)18(24)22-9-7-13(8-10-22)12-19-17(23)16-11-14-5-3-4-6-15(14)20-16/h3-6,11,13,20H,7-10,12H2,1-2H3,(H,19,23). The Balaban J connectivity index is 1.49. The monoisotopic (exact) mass is 328 g/mol. The lowest BCUT2D eigenvalue weighted by Crippen LogP contribution is -2.45. The van der Waals surface area contributed by atoms with Crippen LogP contribution >= 0.6 is 0 Å². The molecule has 3 rings (SSSR count). The molecule has 2 aromatic rings. The Morgan fingerprint density at radius 3 is 2.62 bits per heavy atom. The number of hydrogen-bond donors (Lipinski definition) is 2. The molecule has 0 aliphatic carbocycles. The summed E-state index contributed by atoms with van der Waals surface area (Å²) in [6.45, 7) is 2.16. The van der Waals surface area contributed by atoms with Crippen LogP contribution in [0.25, 0.3) is 10.9 Å². The van der Waals surface area contributed by atoms with E-state index in [1.165, 1.54) is 0 Å². The molecule has 6 heteroatoms. The van der Waals surface area contributed by atoms with Crippen LogP contribution in [-0.4, -0.2) is 60.5 Å². The van der Waals surface area contributed by atoms with Crippen LogP contribution in [0.15, 0.2) is 30.3 Å². The molecule has 128 valence electrons. The first-order valence-electron chi connectivity index (χ1n) is 8.37. The van der Waals surface area contributed by atoms with E-state index < -0.39 is 0 Å². The average Bonchev–Trinajstić information content (AvgIpc) is 3.03. The number of nitrogens with one attached hydrogen (secondary N) is 2. The molecule has 1 saturated heterocycles. The highest BCUT2D eigenvalue weighted by molar-refractivity contribution is 5.97. The predicted molar refractivity (Wildman–Crippen MR) is 94.0 cm³/mol. The Hall–Kier alpha value is -2.50. The van der Waals surface area contributed by atoms with Gasteiger partial charge in [0.05, 0.1) is 0 Å². The molecule has 1 aliphatic heterocycles. The van der Waals surface area contributed by atoms with E-state index in [4.69, 9.17) is 0 Å². The highest BCUT2D eigenvalue weighted by atomic mass is 16.2. The van der Waals surface area contributed by atoms with Crippen molar-refractivity contribution in [2.24, 2.45) is 5.92 Å². The molecule has 1 aliphatic rings. The zero-order valence-electron chi connectivity index (χ0n) is 14.2. The molecule has 24 heavy (non-hydrogen) atoms. The molecule has 1 aromatic heterocycles. The maximum absolute atomic E-state index is 12.3. The first kappa shape index (κ1) is 16.4. The third-order valence-electron chi connectivity index (χ3n) is 4.59. The van der Waals surface area contributed by atoms with Crippen LogP contribution in [0.4, 0.5) is 4.79 Å². The molecule has 3 amide bonds. The molecule has 0 unspecified atom stereocenters. The molecule has 6 nitrogen and oxygen atoms in total. The number of rotatable bonds is 3. The molecule has 0 radical (unpaired) electrons. The van der Waals surface area contributed by atoms with Crippen molar-refractivity contribution in [1.29, 1.82) is 0 Å². The number of aromatic amines is 1. The van der Waals surface area contributed by atoms with Gasteiger partial charge in [-0.05, 0) is 30.9 Å². The summed E-state index contributed by atoms with van der Waals surface area (Å²) in [4.78, 5) is 30.9. The van der Waals surface area contributed by atoms with Crippen molar-refractivity contribution >= 4 is 22.8 Å². The van der Waals surface area contributed by atoms with Gasteiger partial charge >= 0.3 is 6.03 Å². The number of fused-ring (bicyclic) bond motifs is 1. The predicted octanol–water partition coefficient (Wildman–Crippen LogP) is 2.29. The van der Waals surface area contributed by atoms with E-state index in [9.17, 15) is 9.59 Å². The van der Waals surface area contributed by atoms with Gasteiger partial charge in [0.15, 0.2) is 0 Å². The van der Waals surface area contributed by atoms with Crippen LogP contribution in [0.5, 0.6) is 0 Å². The van der Waals surface area contributed by atoms with Crippen molar-refractivity contribution < 1.29 is 9.59 Å². The van der Waals surface area contributed by atoms with Crippen molar-refractivity contribution in [2.45, 2.75) is 12.8 Å². The number of carbonyl (C=O) groups excluding carboxylic acids is 2. The van der Waals surface area contributed by atoms with Gasteiger partial charge < -0.3 is 20.1 Å². The number of amides is 3. The van der Waals surface area contributed by atoms with E-state index in [-0.39, 0.29) is 11.9 Å². The molecular formula is C18H24N4O2. The Labute approximate surface area is 141 Å². The number of benzene rings is 1. The molecule has 1 fully saturated rings. The van der Waals surface area contributed by atoms with Crippen molar-refractivity contribution in [2.75, 3.05) is 33.7 Å². The highest BCUT2D eigenvalue weighted by Gasteiger charge is 2.24. The summed E-state index contributed by atoms with van der Waals surface area (Å²) in [5.41, 5.74) is 1.56. The quantitative estimate of drug-likeness (QED) is 0.908. The first-order valence-corrected chi connectivity index (χ1v) is 8.37. The zero-order chi connectivity index (χ0) is 17.1. The largest absolute Gasteiger partial charge is 0.351 e. The van der Waals surface area contributed by atoms with E-state index in [0.717, 1.165) is 36.8 Å². The summed E-state index contributed by atoms with van der Waals surface area (Å²) in [6.07, 6.45) is 1.85. The second-order valence-corrected chi connectivity index (χ2v) is 6.59. The van der Waals surface area contributed by atoms with E-state index >= 15 is 0 Å². The van der Waals surface area contributed by atoms with Crippen LogP contribution in [0.3, 0.4) is 0 Å². The lowest BCUT2D eigenvalue weighted by molar-refractivity contribution is 0.0931. The fourth-order valence-electron chi connectivity index (χ4n) is 3.14. The van der Waals surface area contributed by atoms with Gasteiger partial charge in [-0.1, -0.05) is 18.2 Å². The van der Waals surface area contributed by atoms with Gasteiger partial charge in [0.25, 0.3) is 5.91 Å². The summed E-state index contributed by atoms with van der Waals surface area (Å²) < 4.78 is 0. The molecule has 2 heterocycles. The number of H-pyrrole nitrogens is 1. The maximum Gasteiger partial charge on any atom is 0.319 e. The Morgan fingerprint density at radius 2 is 1.96 bits per heavy atom. The summed E-state index contributed by atoms with van der Waals surface area (Å²) in [7, 11) is 3.55. The van der Waals surface area contributed by atoms with Crippen LogP contribution in [0.2, 0.25) is 0 Å². The summed E-state index contributed by atoms with van der Waals surface area (Å²) >= 11 is 0. The van der Waals surface area contributed by atoms with Crippen molar-refractivity contribution in [3.63, 3.8) is 0 Å². The first-order chi connectivity index (χ1) is 11.5. The molecule has 0 spiro atoms. The minimum absolute atomic E-state index is 0.0653. The topological polar surface area (TPSA) is 68.4 Å². The van der Waals surface area contributed by atoms with Gasteiger partial charge in [-0.3, -0.25) is 4.79 Å². The average molecular weight is 328 g/mol. The lowest BCUT2D eigenvalue weighted by atomic mass is 9.97. The zero-order valence-corrected chi connectivity index (χ0v) is 14.2. The van der Waals surface area contributed by atoms with Crippen LogP contribution in [0, 0.1) is 5.92 Å². The summed E-state index contributed by atoms with van der Waals surface area (Å²) in [6, 6.07) is 9.80. The van der Waals surface area contributed by atoms with E-state index in [1.807, 2.05) is 35.2 Å². The maximum atomic E-state index is 12.3. The van der Waals surface area contributed by atoms with Crippen LogP contribution in [-0.2, 0) is 0 Å². The SMILES string of the molecule is CN(C)C(=O)N1CCC(CNC(=O)c2cc3ccccc3[nH]2)CC1. The Kier molecular flexibility index (Phi) is 4.74. The van der Waals surface area contributed by atoms with Crippen LogP contribution < -0.4 is 5.32 Å². The van der Waals surface area contributed by atoms with Crippen LogP contribution in [0.1, 0.15) is 23.3 Å². The lowest BCUT2D eigenvalue weighted by Gasteiger charge is -2.33. The number of aromatic nitrogens is 1. The van der Waals surface area contributed by atoms with Gasteiger partial charge in [0, 0.05) is 44.6 Å². The normalized spacial score (nSPS) is 15.5. The van der Waals surface area contributed by atoms with Crippen molar-refractivity contribution in [3.05, 3.63) is 36.0 Å². The molecule has 1 aromatic carbocycles. The number of piperidine rings is 1. The fourth-order valence-corrected chi connectivity index (χ4v) is 3.14. The smallest absolute Gasteiger partial charge is 0.319 e. The van der Waals surface area contributed by atoms with E-state index in [1.54, 1.807) is 19.0 Å². The van der Waals surface area contributed by atoms with Gasteiger partial charge in [-0.15, -0.1) is 0 Å². The van der Waals surface area contributed by atoms with Crippen molar-refractivity contribution in [3.8, 4) is 0 Å². The molecular weight excluding hydrogens is 304 g/mol. The van der Waals surface area contributed by atoms with E-state index in [0.29, 0.717) is 18.2 Å². The third-order valence-corrected chi connectivity index (χ3v) is 4.59. The second kappa shape index (κ2) is 6.95. The van der Waals surface area contributed by atoms with Crippen molar-refractivity contribution in [1.82, 2.24) is 20.1 Å². The number of para-hydroxylation sites is 1. The number of nitrogens with zero attached hydrogens (tertiary/aromatic N) is 2. The summed E-state index contributed by atoms with van der Waals surface area (Å²) in [5.74, 6) is 0.350. The highest BCUT2D eigenvalue weighted by Crippen LogP contribution is 2.18. The number of urea groups is 1. The number of hydrogen-bond acceptors (Lipinski definition) is 2. The number of likely N-dealkylation sites (tertiary alicyclic amines) is 1. The molecule has 2 N–H and O–H groups in total. The number of carbonyl (C=O) groups is 2. The Morgan fingerprint density at radius 1 is 1.25 bits per heavy atom. The minimum Gasteiger partial charge on any atom is -0.351 e. The van der Waals surface area contributed by atoms with Gasteiger partial charge in [-0.25, -0.2) is 4.79 Å². The van der Waals surface area contributed by atoms with Gasteiger partial charge in [-0.2, -0.15) is 0 Å². The second-order valence-electron chi connectivity index (χ2n) is 6.59. The molecule has 0 bridgehead atoms. The molecule has 0 saturated carbocycles.